The van der Waals surface area contributed by atoms with Crippen molar-refractivity contribution in [2.75, 3.05) is 6.54 Å². The van der Waals surface area contributed by atoms with Crippen LogP contribution < -0.4 is 5.32 Å². The van der Waals surface area contributed by atoms with Crippen molar-refractivity contribution in [3.63, 3.8) is 0 Å². The van der Waals surface area contributed by atoms with Crippen LogP contribution in [0.1, 0.15) is 30.2 Å². The van der Waals surface area contributed by atoms with E-state index in [1.54, 1.807) is 10.9 Å². The van der Waals surface area contributed by atoms with Gasteiger partial charge in [0.25, 0.3) is 0 Å². The van der Waals surface area contributed by atoms with Gasteiger partial charge in [-0.25, -0.2) is 13.5 Å². The van der Waals surface area contributed by atoms with E-state index in [0.29, 0.717) is 0 Å². The van der Waals surface area contributed by atoms with E-state index in [2.05, 4.69) is 10.4 Å². The van der Waals surface area contributed by atoms with Gasteiger partial charge in [-0.3, -0.25) is 0 Å². The van der Waals surface area contributed by atoms with Crippen molar-refractivity contribution in [1.82, 2.24) is 15.1 Å². The van der Waals surface area contributed by atoms with Crippen LogP contribution in [0.25, 0.3) is 5.69 Å². The molecule has 0 radical (unpaired) electrons. The highest BCUT2D eigenvalue weighted by Crippen LogP contribution is 2.23. The molecule has 0 aliphatic rings. The fraction of sp³-hybridized carbons (Fsp3) is 0.211. The molecular formula is C19H19F2N3O. The molecule has 2 N–H and O–H groups in total. The SMILES string of the molecule is CC(NCC(O)c1cc(F)ccc1F)c1ccccc1-n1cccn1. The van der Waals surface area contributed by atoms with Gasteiger partial charge in [0.05, 0.1) is 11.8 Å². The molecule has 0 aliphatic carbocycles. The van der Waals surface area contributed by atoms with Gasteiger partial charge in [0.15, 0.2) is 0 Å². The minimum atomic E-state index is -1.14. The number of nitrogens with zero attached hydrogens (tertiary/aromatic N) is 2. The van der Waals surface area contributed by atoms with Gasteiger partial charge >= 0.3 is 0 Å². The van der Waals surface area contributed by atoms with Gasteiger partial charge in [-0.2, -0.15) is 5.10 Å². The summed E-state index contributed by atoms with van der Waals surface area (Å²) in [6.07, 6.45) is 2.41. The van der Waals surface area contributed by atoms with Gasteiger partial charge < -0.3 is 10.4 Å². The predicted molar refractivity (Wildman–Crippen MR) is 91.3 cm³/mol. The standard InChI is InChI=1S/C19H19F2N3O/c1-13(15-5-2-3-6-18(15)24-10-4-9-23-24)22-12-19(25)16-11-14(20)7-8-17(16)21/h2-11,13,19,22,25H,12H2,1H3. The van der Waals surface area contributed by atoms with Gasteiger partial charge in [0.1, 0.15) is 11.6 Å². The normalized spacial score (nSPS) is 13.6. The third kappa shape index (κ3) is 3.92. The molecule has 0 aliphatic heterocycles. The van der Waals surface area contributed by atoms with Crippen molar-refractivity contribution >= 4 is 0 Å². The maximum atomic E-state index is 13.8. The average Bonchev–Trinajstić information content (AvgIpc) is 3.16. The summed E-state index contributed by atoms with van der Waals surface area (Å²) in [5, 5.41) is 17.6. The number of halogens is 2. The highest BCUT2D eigenvalue weighted by atomic mass is 19.1. The Hall–Kier alpha value is -2.57. The van der Waals surface area contributed by atoms with Crippen LogP contribution in [0.5, 0.6) is 0 Å². The van der Waals surface area contributed by atoms with Crippen molar-refractivity contribution in [3.05, 3.63) is 83.7 Å². The van der Waals surface area contributed by atoms with Gasteiger partial charge in [-0.05, 0) is 42.8 Å². The molecule has 3 aromatic rings. The lowest BCUT2D eigenvalue weighted by Crippen LogP contribution is -2.26. The molecule has 2 unspecified atom stereocenters. The molecule has 4 nitrogen and oxygen atoms in total. The number of benzene rings is 2. The minimum absolute atomic E-state index is 0.0555. The third-order valence-corrected chi connectivity index (χ3v) is 4.09. The highest BCUT2D eigenvalue weighted by Gasteiger charge is 2.17. The molecule has 130 valence electrons. The summed E-state index contributed by atoms with van der Waals surface area (Å²) in [4.78, 5) is 0. The lowest BCUT2D eigenvalue weighted by Gasteiger charge is -2.20. The number of aromatic nitrogens is 2. The Labute approximate surface area is 144 Å². The van der Waals surface area contributed by atoms with Crippen LogP contribution in [0, 0.1) is 11.6 Å². The van der Waals surface area contributed by atoms with Crippen molar-refractivity contribution in [2.45, 2.75) is 19.1 Å². The lowest BCUT2D eigenvalue weighted by molar-refractivity contribution is 0.165. The predicted octanol–water partition coefficient (Wildman–Crippen LogP) is 3.53. The molecule has 0 fully saturated rings. The largest absolute Gasteiger partial charge is 0.387 e. The summed E-state index contributed by atoms with van der Waals surface area (Å²) in [6, 6.07) is 12.5. The maximum Gasteiger partial charge on any atom is 0.129 e. The van der Waals surface area contributed by atoms with Crippen LogP contribution in [0.3, 0.4) is 0 Å². The van der Waals surface area contributed by atoms with Crippen LogP contribution in [0.15, 0.2) is 60.9 Å². The first-order valence-electron chi connectivity index (χ1n) is 8.01. The van der Waals surface area contributed by atoms with E-state index in [9.17, 15) is 13.9 Å². The van der Waals surface area contributed by atoms with Crippen LogP contribution >= 0.6 is 0 Å². The molecule has 25 heavy (non-hydrogen) atoms. The van der Waals surface area contributed by atoms with Crippen molar-refractivity contribution < 1.29 is 13.9 Å². The summed E-state index contributed by atoms with van der Waals surface area (Å²) in [5.41, 5.74) is 1.84. The summed E-state index contributed by atoms with van der Waals surface area (Å²) in [7, 11) is 0. The Morgan fingerprint density at radius 3 is 2.68 bits per heavy atom. The van der Waals surface area contributed by atoms with Crippen LogP contribution in [-0.4, -0.2) is 21.4 Å². The van der Waals surface area contributed by atoms with Gasteiger partial charge in [-0.15, -0.1) is 0 Å². The van der Waals surface area contributed by atoms with Crippen molar-refractivity contribution in [1.29, 1.82) is 0 Å². The molecule has 3 rings (SSSR count). The van der Waals surface area contributed by atoms with E-state index >= 15 is 0 Å². The van der Waals surface area contributed by atoms with Gasteiger partial charge in [0.2, 0.25) is 0 Å². The second-order valence-corrected chi connectivity index (χ2v) is 5.82. The number of rotatable bonds is 6. The molecule has 6 heteroatoms. The quantitative estimate of drug-likeness (QED) is 0.720. The summed E-state index contributed by atoms with van der Waals surface area (Å²) in [5.74, 6) is -1.20. The van der Waals surface area contributed by atoms with E-state index in [0.717, 1.165) is 29.4 Å². The van der Waals surface area contributed by atoms with E-state index in [1.807, 2.05) is 43.5 Å². The first kappa shape index (κ1) is 17.3. The third-order valence-electron chi connectivity index (χ3n) is 4.09. The van der Waals surface area contributed by atoms with E-state index in [4.69, 9.17) is 0 Å². The topological polar surface area (TPSA) is 50.1 Å². The van der Waals surface area contributed by atoms with E-state index in [1.165, 1.54) is 0 Å². The zero-order valence-electron chi connectivity index (χ0n) is 13.7. The zero-order valence-corrected chi connectivity index (χ0v) is 13.7. The van der Waals surface area contributed by atoms with E-state index < -0.39 is 17.7 Å². The summed E-state index contributed by atoms with van der Waals surface area (Å²) >= 11 is 0. The summed E-state index contributed by atoms with van der Waals surface area (Å²) in [6.45, 7) is 2.03. The molecular weight excluding hydrogens is 324 g/mol. The highest BCUT2D eigenvalue weighted by molar-refractivity contribution is 5.42. The van der Waals surface area contributed by atoms with Gasteiger partial charge in [0, 0.05) is 30.5 Å². The summed E-state index contributed by atoms with van der Waals surface area (Å²) < 4.78 is 28.8. The monoisotopic (exact) mass is 343 g/mol. The number of aliphatic hydroxyl groups is 1. The number of hydrogen-bond acceptors (Lipinski definition) is 3. The first-order valence-corrected chi connectivity index (χ1v) is 8.01. The lowest BCUT2D eigenvalue weighted by atomic mass is 10.0. The Morgan fingerprint density at radius 2 is 1.92 bits per heavy atom. The smallest absolute Gasteiger partial charge is 0.129 e. The number of hydrogen-bond donors (Lipinski definition) is 2. The average molecular weight is 343 g/mol. The van der Waals surface area contributed by atoms with Gasteiger partial charge in [-0.1, -0.05) is 18.2 Å². The Kier molecular flexibility index (Phi) is 5.21. The zero-order chi connectivity index (χ0) is 17.8. The Morgan fingerprint density at radius 1 is 1.12 bits per heavy atom. The molecule has 0 saturated carbocycles. The van der Waals surface area contributed by atoms with Crippen LogP contribution in [-0.2, 0) is 0 Å². The van der Waals surface area contributed by atoms with Crippen molar-refractivity contribution in [3.8, 4) is 5.69 Å². The second kappa shape index (κ2) is 7.55. The molecule has 2 aromatic carbocycles. The number of nitrogens with one attached hydrogen (secondary N) is 1. The first-order chi connectivity index (χ1) is 12.1. The number of para-hydroxylation sites is 1. The Balaban J connectivity index is 1.73. The molecule has 1 heterocycles. The van der Waals surface area contributed by atoms with Crippen molar-refractivity contribution in [2.24, 2.45) is 0 Å². The molecule has 0 saturated heterocycles. The molecule has 0 bridgehead atoms. The molecule has 0 amide bonds. The Bertz CT molecular complexity index is 836. The molecule has 2 atom stereocenters. The fourth-order valence-corrected chi connectivity index (χ4v) is 2.75. The number of aliphatic hydroxyl groups excluding tert-OH is 1. The van der Waals surface area contributed by atoms with E-state index in [-0.39, 0.29) is 18.2 Å². The fourth-order valence-electron chi connectivity index (χ4n) is 2.75. The van der Waals surface area contributed by atoms with Crippen LogP contribution in [0.2, 0.25) is 0 Å². The second-order valence-electron chi connectivity index (χ2n) is 5.82. The van der Waals surface area contributed by atoms with Crippen LogP contribution in [0.4, 0.5) is 8.78 Å². The maximum absolute atomic E-state index is 13.8. The minimum Gasteiger partial charge on any atom is -0.387 e. The molecule has 1 aromatic heterocycles. The molecule has 0 spiro atoms.